The van der Waals surface area contributed by atoms with Crippen LogP contribution in [0.25, 0.3) is 11.3 Å². The molecule has 1 unspecified atom stereocenters. The number of nitrogens with zero attached hydrogens (tertiary/aromatic N) is 1. The summed E-state index contributed by atoms with van der Waals surface area (Å²) in [6.45, 7) is 0. The molecule has 0 amide bonds. The largest absolute Gasteiger partial charge is 0.457 e. The van der Waals surface area contributed by atoms with E-state index in [4.69, 9.17) is 16.0 Å². The summed E-state index contributed by atoms with van der Waals surface area (Å²) >= 11 is 6.09. The molecule has 3 aromatic rings. The Labute approximate surface area is 134 Å². The number of fused-ring (bicyclic) bond motifs is 1. The number of hydrogen-bond donors (Lipinski definition) is 1. The molecular formula is C18H15ClN2O. The zero-order valence-electron chi connectivity index (χ0n) is 12.1. The van der Waals surface area contributed by atoms with E-state index in [-0.39, 0.29) is 6.17 Å². The van der Waals surface area contributed by atoms with Gasteiger partial charge in [-0.2, -0.15) is 0 Å². The maximum absolute atomic E-state index is 6.09. The first kappa shape index (κ1) is 13.3. The van der Waals surface area contributed by atoms with Gasteiger partial charge in [-0.3, -0.25) is 0 Å². The van der Waals surface area contributed by atoms with E-state index in [9.17, 15) is 0 Å². The van der Waals surface area contributed by atoms with E-state index in [0.29, 0.717) is 0 Å². The molecule has 0 spiro atoms. The van der Waals surface area contributed by atoms with Crippen LogP contribution >= 0.6 is 11.6 Å². The van der Waals surface area contributed by atoms with E-state index < -0.39 is 0 Å². The quantitative estimate of drug-likeness (QED) is 0.708. The molecule has 3 nitrogen and oxygen atoms in total. The van der Waals surface area contributed by atoms with Gasteiger partial charge in [-0.15, -0.1) is 0 Å². The molecule has 0 fully saturated rings. The smallest absolute Gasteiger partial charge is 0.159 e. The van der Waals surface area contributed by atoms with Crippen LogP contribution in [0, 0.1) is 0 Å². The number of furan rings is 1. The third-order valence-corrected chi connectivity index (χ3v) is 4.21. The fourth-order valence-electron chi connectivity index (χ4n) is 2.82. The standard InChI is InChI=1S/C18H15ClN2O/c1-21-15-11-13(19)7-8-14(15)20-18(21)17-10-9-16(22-17)12-5-3-2-4-6-12/h2-11,18,20H,1H3. The van der Waals surface area contributed by atoms with E-state index >= 15 is 0 Å². The van der Waals surface area contributed by atoms with Crippen molar-refractivity contribution in [3.8, 4) is 11.3 Å². The minimum atomic E-state index is -0.0223. The Hall–Kier alpha value is -2.39. The normalized spacial score (nSPS) is 16.5. The summed E-state index contributed by atoms with van der Waals surface area (Å²) in [5.41, 5.74) is 3.22. The topological polar surface area (TPSA) is 28.4 Å². The van der Waals surface area contributed by atoms with Crippen LogP contribution in [0.2, 0.25) is 5.02 Å². The van der Waals surface area contributed by atoms with Crippen LogP contribution in [0.15, 0.2) is 65.1 Å². The Morgan fingerprint density at radius 1 is 1.05 bits per heavy atom. The van der Waals surface area contributed by atoms with Crippen molar-refractivity contribution in [1.82, 2.24) is 0 Å². The van der Waals surface area contributed by atoms with Gasteiger partial charge in [0.1, 0.15) is 11.5 Å². The molecule has 4 heteroatoms. The number of nitrogens with one attached hydrogen (secondary N) is 1. The van der Waals surface area contributed by atoms with Crippen LogP contribution in [0.3, 0.4) is 0 Å². The highest BCUT2D eigenvalue weighted by Crippen LogP contribution is 2.42. The molecule has 0 saturated heterocycles. The molecule has 22 heavy (non-hydrogen) atoms. The lowest BCUT2D eigenvalue weighted by molar-refractivity contribution is 0.492. The number of hydrogen-bond acceptors (Lipinski definition) is 3. The van der Waals surface area contributed by atoms with Gasteiger partial charge < -0.3 is 14.6 Å². The molecular weight excluding hydrogens is 296 g/mol. The maximum Gasteiger partial charge on any atom is 0.159 e. The van der Waals surface area contributed by atoms with Crippen molar-refractivity contribution in [3.05, 3.63) is 71.4 Å². The molecule has 2 heterocycles. The Morgan fingerprint density at radius 3 is 2.68 bits per heavy atom. The van der Waals surface area contributed by atoms with E-state index in [1.165, 1.54) is 0 Å². The van der Waals surface area contributed by atoms with Crippen LogP contribution < -0.4 is 10.2 Å². The molecule has 1 aliphatic rings. The SMILES string of the molecule is CN1c2cc(Cl)ccc2NC1c1ccc(-c2ccccc2)o1. The van der Waals surface area contributed by atoms with Gasteiger partial charge in [-0.05, 0) is 30.3 Å². The zero-order chi connectivity index (χ0) is 15.1. The minimum Gasteiger partial charge on any atom is -0.457 e. The summed E-state index contributed by atoms with van der Waals surface area (Å²) in [4.78, 5) is 2.13. The highest BCUT2D eigenvalue weighted by atomic mass is 35.5. The fourth-order valence-corrected chi connectivity index (χ4v) is 2.99. The van der Waals surface area contributed by atoms with Gasteiger partial charge in [0.15, 0.2) is 6.17 Å². The van der Waals surface area contributed by atoms with E-state index in [1.54, 1.807) is 0 Å². The van der Waals surface area contributed by atoms with Crippen LogP contribution in [0.5, 0.6) is 0 Å². The van der Waals surface area contributed by atoms with Gasteiger partial charge in [0.25, 0.3) is 0 Å². The minimum absolute atomic E-state index is 0.0223. The Morgan fingerprint density at radius 2 is 1.86 bits per heavy atom. The van der Waals surface area contributed by atoms with E-state index in [0.717, 1.165) is 33.5 Å². The molecule has 0 aliphatic carbocycles. The molecule has 1 N–H and O–H groups in total. The summed E-state index contributed by atoms with van der Waals surface area (Å²) in [6, 6.07) is 20.0. The first-order valence-corrected chi connectivity index (χ1v) is 7.54. The average Bonchev–Trinajstić information content (AvgIpc) is 3.14. The summed E-state index contributed by atoms with van der Waals surface area (Å²) in [5.74, 6) is 1.76. The molecule has 1 atom stereocenters. The van der Waals surface area contributed by atoms with Crippen molar-refractivity contribution in [2.24, 2.45) is 0 Å². The molecule has 4 rings (SSSR count). The summed E-state index contributed by atoms with van der Waals surface area (Å²) in [6.07, 6.45) is -0.0223. The van der Waals surface area contributed by atoms with Crippen molar-refractivity contribution < 1.29 is 4.42 Å². The predicted octanol–water partition coefficient (Wildman–Crippen LogP) is 5.16. The molecule has 2 aromatic carbocycles. The van der Waals surface area contributed by atoms with Gasteiger partial charge in [0.05, 0.1) is 11.4 Å². The van der Waals surface area contributed by atoms with E-state index in [1.807, 2.05) is 67.7 Å². The van der Waals surface area contributed by atoms with Crippen LogP contribution in [0.1, 0.15) is 11.9 Å². The number of rotatable bonds is 2. The van der Waals surface area contributed by atoms with Crippen molar-refractivity contribution in [2.45, 2.75) is 6.17 Å². The molecule has 0 radical (unpaired) electrons. The summed E-state index contributed by atoms with van der Waals surface area (Å²) in [5, 5.41) is 4.20. The van der Waals surface area contributed by atoms with Gasteiger partial charge >= 0.3 is 0 Å². The molecule has 0 bridgehead atoms. The lowest BCUT2D eigenvalue weighted by atomic mass is 10.2. The average molecular weight is 311 g/mol. The highest BCUT2D eigenvalue weighted by molar-refractivity contribution is 6.31. The summed E-state index contributed by atoms with van der Waals surface area (Å²) in [7, 11) is 2.03. The zero-order valence-corrected chi connectivity index (χ0v) is 12.8. The molecule has 1 aliphatic heterocycles. The second kappa shape index (κ2) is 5.11. The number of anilines is 2. The number of halogens is 1. The monoisotopic (exact) mass is 310 g/mol. The first-order valence-electron chi connectivity index (χ1n) is 7.16. The maximum atomic E-state index is 6.09. The molecule has 110 valence electrons. The van der Waals surface area contributed by atoms with Crippen LogP contribution in [0.4, 0.5) is 11.4 Å². The lowest BCUT2D eigenvalue weighted by Crippen LogP contribution is -2.22. The van der Waals surface area contributed by atoms with Crippen molar-refractivity contribution in [1.29, 1.82) is 0 Å². The Kier molecular flexibility index (Phi) is 3.09. The second-order valence-electron chi connectivity index (χ2n) is 5.39. The highest BCUT2D eigenvalue weighted by Gasteiger charge is 2.29. The third kappa shape index (κ3) is 2.14. The van der Waals surface area contributed by atoms with Crippen molar-refractivity contribution >= 4 is 23.0 Å². The van der Waals surface area contributed by atoms with E-state index in [2.05, 4.69) is 10.2 Å². The molecule has 1 aromatic heterocycles. The van der Waals surface area contributed by atoms with Gasteiger partial charge in [-0.1, -0.05) is 41.9 Å². The molecule has 0 saturated carbocycles. The van der Waals surface area contributed by atoms with Gasteiger partial charge in [-0.25, -0.2) is 0 Å². The lowest BCUT2D eigenvalue weighted by Gasteiger charge is -2.20. The fraction of sp³-hybridized carbons (Fsp3) is 0.111. The summed E-state index contributed by atoms with van der Waals surface area (Å²) < 4.78 is 6.05. The Balaban J connectivity index is 1.66. The third-order valence-electron chi connectivity index (χ3n) is 3.97. The van der Waals surface area contributed by atoms with Crippen molar-refractivity contribution in [3.63, 3.8) is 0 Å². The van der Waals surface area contributed by atoms with Crippen LogP contribution in [-0.4, -0.2) is 7.05 Å². The predicted molar refractivity (Wildman–Crippen MR) is 90.4 cm³/mol. The number of benzene rings is 2. The Bertz CT molecular complexity index is 813. The first-order chi connectivity index (χ1) is 10.7. The van der Waals surface area contributed by atoms with Gasteiger partial charge in [0, 0.05) is 17.6 Å². The van der Waals surface area contributed by atoms with Gasteiger partial charge in [0.2, 0.25) is 0 Å². The van der Waals surface area contributed by atoms with Crippen molar-refractivity contribution in [2.75, 3.05) is 17.3 Å². The second-order valence-corrected chi connectivity index (χ2v) is 5.82. The van der Waals surface area contributed by atoms with Crippen LogP contribution in [-0.2, 0) is 0 Å².